The number of sulfonamides is 1. The van der Waals surface area contributed by atoms with Crippen LogP contribution < -0.4 is 14.8 Å². The van der Waals surface area contributed by atoms with Crippen LogP contribution in [0.25, 0.3) is 0 Å². The Morgan fingerprint density at radius 3 is 2.41 bits per heavy atom. The quantitative estimate of drug-likeness (QED) is 0.697. The second kappa shape index (κ2) is 9.68. The number of nitrogens with zero attached hydrogens (tertiary/aromatic N) is 1. The summed E-state index contributed by atoms with van der Waals surface area (Å²) in [5, 5.41) is 3.04. The molecule has 172 valence electrons. The van der Waals surface area contributed by atoms with Gasteiger partial charge in [0, 0.05) is 18.7 Å². The first-order chi connectivity index (χ1) is 15.4. The minimum absolute atomic E-state index is 0.0271. The highest BCUT2D eigenvalue weighted by atomic mass is 35.5. The predicted molar refractivity (Wildman–Crippen MR) is 122 cm³/mol. The van der Waals surface area contributed by atoms with E-state index in [0.29, 0.717) is 37.8 Å². The van der Waals surface area contributed by atoms with Gasteiger partial charge in [-0.25, -0.2) is 8.42 Å². The third kappa shape index (κ3) is 4.87. The van der Waals surface area contributed by atoms with Crippen LogP contribution in [0.3, 0.4) is 0 Å². The van der Waals surface area contributed by atoms with E-state index >= 15 is 0 Å². The van der Waals surface area contributed by atoms with Crippen molar-refractivity contribution >= 4 is 27.5 Å². The minimum atomic E-state index is -3.77. The van der Waals surface area contributed by atoms with Gasteiger partial charge in [-0.15, -0.1) is 0 Å². The molecule has 1 N–H and O–H groups in total. The SMILES string of the molecule is C[C@@H](NC(=O)c1ccc(Cl)c(S(=O)(=O)N2CCCCCC2)c1)c1ccc2c(c1)OCCO2. The van der Waals surface area contributed by atoms with Gasteiger partial charge in [-0.3, -0.25) is 4.79 Å². The van der Waals surface area contributed by atoms with Crippen molar-refractivity contribution < 1.29 is 22.7 Å². The van der Waals surface area contributed by atoms with Crippen molar-refractivity contribution in [3.63, 3.8) is 0 Å². The fraction of sp³-hybridized carbons (Fsp3) is 0.435. The monoisotopic (exact) mass is 478 g/mol. The summed E-state index contributed by atoms with van der Waals surface area (Å²) in [6.45, 7) is 3.79. The molecular formula is C23H27ClN2O5S. The summed E-state index contributed by atoms with van der Waals surface area (Å²) < 4.78 is 39.0. The summed E-state index contributed by atoms with van der Waals surface area (Å²) in [4.78, 5) is 12.9. The van der Waals surface area contributed by atoms with E-state index in [0.717, 1.165) is 31.2 Å². The van der Waals surface area contributed by atoms with E-state index in [1.165, 1.54) is 22.5 Å². The van der Waals surface area contributed by atoms with E-state index in [2.05, 4.69) is 5.32 Å². The van der Waals surface area contributed by atoms with Gasteiger partial charge in [-0.2, -0.15) is 4.31 Å². The second-order valence-corrected chi connectivity index (χ2v) is 10.4. The van der Waals surface area contributed by atoms with Crippen LogP contribution >= 0.6 is 11.6 Å². The van der Waals surface area contributed by atoms with Crippen LogP contribution in [0.1, 0.15) is 54.6 Å². The Balaban J connectivity index is 1.53. The summed E-state index contributed by atoms with van der Waals surface area (Å²) in [5.41, 5.74) is 1.10. The Labute approximate surface area is 193 Å². The molecule has 0 saturated carbocycles. The molecule has 0 aliphatic carbocycles. The molecule has 2 aromatic carbocycles. The van der Waals surface area contributed by atoms with Gasteiger partial charge in [0.2, 0.25) is 10.0 Å². The molecule has 0 bridgehead atoms. The third-order valence-electron chi connectivity index (χ3n) is 5.79. The highest BCUT2D eigenvalue weighted by Crippen LogP contribution is 2.33. The Bertz CT molecular complexity index is 1100. The first-order valence-corrected chi connectivity index (χ1v) is 12.7. The number of hydrogen-bond donors (Lipinski definition) is 1. The first-order valence-electron chi connectivity index (χ1n) is 10.9. The molecule has 0 spiro atoms. The lowest BCUT2D eigenvalue weighted by molar-refractivity contribution is 0.0939. The van der Waals surface area contributed by atoms with Crippen LogP contribution in [0.15, 0.2) is 41.3 Å². The molecule has 2 heterocycles. The summed E-state index contributed by atoms with van der Waals surface area (Å²) in [6, 6.07) is 9.59. The van der Waals surface area contributed by atoms with Crippen LogP contribution in [0.2, 0.25) is 5.02 Å². The van der Waals surface area contributed by atoms with E-state index in [1.54, 1.807) is 0 Å². The molecule has 1 amide bonds. The summed E-state index contributed by atoms with van der Waals surface area (Å²) in [6.07, 6.45) is 3.67. The maximum atomic E-state index is 13.2. The van der Waals surface area contributed by atoms with E-state index in [4.69, 9.17) is 21.1 Å². The fourth-order valence-corrected chi connectivity index (χ4v) is 5.97. The zero-order chi connectivity index (χ0) is 22.7. The van der Waals surface area contributed by atoms with Gasteiger partial charge in [0.05, 0.1) is 11.1 Å². The maximum Gasteiger partial charge on any atom is 0.251 e. The fourth-order valence-electron chi connectivity index (χ4n) is 3.96. The lowest BCUT2D eigenvalue weighted by atomic mass is 10.1. The highest BCUT2D eigenvalue weighted by molar-refractivity contribution is 7.89. The van der Waals surface area contributed by atoms with Crippen molar-refractivity contribution in [1.29, 1.82) is 0 Å². The normalized spacial score (nSPS) is 17.9. The smallest absolute Gasteiger partial charge is 0.251 e. The molecule has 0 unspecified atom stereocenters. The van der Waals surface area contributed by atoms with Crippen LogP contribution in [0.4, 0.5) is 0 Å². The second-order valence-electron chi connectivity index (χ2n) is 8.06. The van der Waals surface area contributed by atoms with Gasteiger partial charge in [0.15, 0.2) is 11.5 Å². The van der Waals surface area contributed by atoms with E-state index in [9.17, 15) is 13.2 Å². The molecule has 1 fully saturated rings. The van der Waals surface area contributed by atoms with Crippen molar-refractivity contribution in [2.45, 2.75) is 43.5 Å². The van der Waals surface area contributed by atoms with Gasteiger partial charge in [0.25, 0.3) is 5.91 Å². The predicted octanol–water partition coefficient (Wildman–Crippen LogP) is 4.17. The molecule has 32 heavy (non-hydrogen) atoms. The molecule has 4 rings (SSSR count). The average Bonchev–Trinajstić information content (AvgIpc) is 3.09. The number of amides is 1. The van der Waals surface area contributed by atoms with Crippen molar-refractivity contribution in [3.05, 3.63) is 52.5 Å². The Hall–Kier alpha value is -2.29. The average molecular weight is 479 g/mol. The molecule has 9 heteroatoms. The zero-order valence-corrected chi connectivity index (χ0v) is 19.5. The molecule has 2 aliphatic rings. The molecule has 0 aromatic heterocycles. The number of fused-ring (bicyclic) bond motifs is 1. The van der Waals surface area contributed by atoms with Crippen LogP contribution in [-0.4, -0.2) is 44.9 Å². The number of nitrogens with one attached hydrogen (secondary N) is 1. The third-order valence-corrected chi connectivity index (χ3v) is 8.17. The molecule has 1 saturated heterocycles. The Morgan fingerprint density at radius 1 is 1.00 bits per heavy atom. The van der Waals surface area contributed by atoms with Gasteiger partial charge in [-0.1, -0.05) is 30.5 Å². The van der Waals surface area contributed by atoms with Crippen LogP contribution in [0.5, 0.6) is 11.5 Å². The molecule has 2 aromatic rings. The molecular weight excluding hydrogens is 452 g/mol. The lowest BCUT2D eigenvalue weighted by Crippen LogP contribution is -2.32. The van der Waals surface area contributed by atoms with E-state index < -0.39 is 10.0 Å². The molecule has 0 radical (unpaired) electrons. The zero-order valence-electron chi connectivity index (χ0n) is 18.0. The van der Waals surface area contributed by atoms with E-state index in [-0.39, 0.29) is 27.4 Å². The number of benzene rings is 2. The maximum absolute atomic E-state index is 13.2. The van der Waals surface area contributed by atoms with Gasteiger partial charge in [-0.05, 0) is 55.7 Å². The van der Waals surface area contributed by atoms with Crippen molar-refractivity contribution in [2.75, 3.05) is 26.3 Å². The van der Waals surface area contributed by atoms with Crippen LogP contribution in [0, 0.1) is 0 Å². The highest BCUT2D eigenvalue weighted by Gasteiger charge is 2.28. The molecule has 7 nitrogen and oxygen atoms in total. The number of halogens is 1. The standard InChI is InChI=1S/C23H27ClN2O5S/c1-16(17-7-9-20-21(14-17)31-13-12-30-20)25-23(27)18-6-8-19(24)22(15-18)32(28,29)26-10-4-2-3-5-11-26/h6-9,14-16H,2-5,10-13H2,1H3,(H,25,27)/t16-/m1/s1. The summed E-state index contributed by atoms with van der Waals surface area (Å²) >= 11 is 6.25. The Kier molecular flexibility index (Phi) is 6.93. The first kappa shape index (κ1) is 22.9. The number of carbonyl (C=O) groups excluding carboxylic acids is 1. The van der Waals surface area contributed by atoms with Gasteiger partial charge in [0.1, 0.15) is 18.1 Å². The summed E-state index contributed by atoms with van der Waals surface area (Å²) in [7, 11) is -3.77. The molecule has 2 aliphatic heterocycles. The summed E-state index contributed by atoms with van der Waals surface area (Å²) in [5.74, 6) is 0.947. The number of rotatable bonds is 5. The van der Waals surface area contributed by atoms with E-state index in [1.807, 2.05) is 25.1 Å². The Morgan fingerprint density at radius 2 is 1.69 bits per heavy atom. The van der Waals surface area contributed by atoms with Gasteiger partial charge >= 0.3 is 0 Å². The lowest BCUT2D eigenvalue weighted by Gasteiger charge is -2.22. The van der Waals surface area contributed by atoms with Crippen molar-refractivity contribution in [2.24, 2.45) is 0 Å². The van der Waals surface area contributed by atoms with Gasteiger partial charge < -0.3 is 14.8 Å². The van der Waals surface area contributed by atoms with Crippen molar-refractivity contribution in [3.8, 4) is 11.5 Å². The van der Waals surface area contributed by atoms with Crippen molar-refractivity contribution in [1.82, 2.24) is 9.62 Å². The molecule has 1 atom stereocenters. The number of ether oxygens (including phenoxy) is 2. The van der Waals surface area contributed by atoms with Crippen LogP contribution in [-0.2, 0) is 10.0 Å². The topological polar surface area (TPSA) is 84.9 Å². The number of hydrogen-bond acceptors (Lipinski definition) is 5. The number of carbonyl (C=O) groups is 1. The minimum Gasteiger partial charge on any atom is -0.486 e. The largest absolute Gasteiger partial charge is 0.486 e.